The summed E-state index contributed by atoms with van der Waals surface area (Å²) in [6, 6.07) is 4.01. The zero-order valence-corrected chi connectivity index (χ0v) is 16.3. The summed E-state index contributed by atoms with van der Waals surface area (Å²) in [6.07, 6.45) is 5.33. The molecule has 2 aromatic rings. The lowest BCUT2D eigenvalue weighted by molar-refractivity contribution is 0.0256. The van der Waals surface area contributed by atoms with E-state index in [1.54, 1.807) is 17.3 Å². The zero-order chi connectivity index (χ0) is 19.7. The van der Waals surface area contributed by atoms with E-state index in [2.05, 4.69) is 32.2 Å². The van der Waals surface area contributed by atoms with Crippen LogP contribution in [0.4, 0.5) is 26.2 Å². The van der Waals surface area contributed by atoms with E-state index in [0.717, 1.165) is 37.2 Å². The molecule has 4 rings (SSSR count). The average Bonchev–Trinajstić information content (AvgIpc) is 3.04. The van der Waals surface area contributed by atoms with Crippen molar-refractivity contribution >= 4 is 17.5 Å². The third-order valence-electron chi connectivity index (χ3n) is 5.55. The van der Waals surface area contributed by atoms with Crippen LogP contribution in [0.15, 0.2) is 24.5 Å². The number of hydrogen-bond donors (Lipinski definition) is 1. The molecule has 4 heterocycles. The number of nitrogens with one attached hydrogen (secondary N) is 1. The van der Waals surface area contributed by atoms with E-state index < -0.39 is 5.92 Å². The quantitative estimate of drug-likeness (QED) is 0.864. The van der Waals surface area contributed by atoms with E-state index in [9.17, 15) is 8.78 Å². The van der Waals surface area contributed by atoms with Gasteiger partial charge in [-0.3, -0.25) is 4.98 Å². The predicted octanol–water partition coefficient (Wildman–Crippen LogP) is 3.58. The zero-order valence-electron chi connectivity index (χ0n) is 16.3. The molecule has 2 saturated heterocycles. The largest absolute Gasteiger partial charge is 0.350 e. The Kier molecular flexibility index (Phi) is 5.14. The van der Waals surface area contributed by atoms with E-state index in [4.69, 9.17) is 0 Å². The van der Waals surface area contributed by atoms with E-state index in [-0.39, 0.29) is 13.0 Å². The maximum absolute atomic E-state index is 13.8. The van der Waals surface area contributed by atoms with Crippen molar-refractivity contribution in [2.24, 2.45) is 0 Å². The Morgan fingerprint density at radius 3 is 2.50 bits per heavy atom. The second-order valence-electron chi connectivity index (χ2n) is 7.92. The van der Waals surface area contributed by atoms with E-state index in [1.165, 1.54) is 0 Å². The van der Waals surface area contributed by atoms with E-state index in [1.807, 2.05) is 19.1 Å². The van der Waals surface area contributed by atoms with Gasteiger partial charge < -0.3 is 15.1 Å². The van der Waals surface area contributed by atoms with Crippen LogP contribution in [0.1, 0.15) is 36.4 Å². The summed E-state index contributed by atoms with van der Waals surface area (Å²) in [6.45, 7) is 4.00. The molecule has 8 heteroatoms. The molecule has 0 atom stereocenters. The van der Waals surface area contributed by atoms with Crippen LogP contribution in [0, 0.1) is 6.92 Å². The van der Waals surface area contributed by atoms with Gasteiger partial charge in [-0.15, -0.1) is 0 Å². The first kappa shape index (κ1) is 19.0. The third kappa shape index (κ3) is 4.38. The number of alkyl halides is 2. The summed E-state index contributed by atoms with van der Waals surface area (Å²) in [5, 5.41) is 3.19. The molecular weight excluding hydrogens is 362 g/mol. The van der Waals surface area contributed by atoms with Gasteiger partial charge >= 0.3 is 0 Å². The van der Waals surface area contributed by atoms with Gasteiger partial charge in [0, 0.05) is 13.0 Å². The van der Waals surface area contributed by atoms with Gasteiger partial charge in [0.1, 0.15) is 17.5 Å². The molecule has 0 saturated carbocycles. The van der Waals surface area contributed by atoms with Crippen LogP contribution in [0.25, 0.3) is 0 Å². The number of rotatable bonds is 4. The highest BCUT2D eigenvalue weighted by molar-refractivity contribution is 5.57. The van der Waals surface area contributed by atoms with Crippen LogP contribution >= 0.6 is 0 Å². The Morgan fingerprint density at radius 2 is 1.86 bits per heavy atom. The van der Waals surface area contributed by atoms with Crippen molar-refractivity contribution in [3.05, 3.63) is 35.8 Å². The van der Waals surface area contributed by atoms with Crippen LogP contribution in [-0.2, 0) is 0 Å². The summed E-state index contributed by atoms with van der Waals surface area (Å²) < 4.78 is 27.5. The topological polar surface area (TPSA) is 57.2 Å². The number of aryl methyl sites for hydroxylation is 1. The molecule has 2 aliphatic rings. The fourth-order valence-corrected chi connectivity index (χ4v) is 3.86. The number of hydrogen-bond acceptors (Lipinski definition) is 6. The Labute approximate surface area is 164 Å². The van der Waals surface area contributed by atoms with Crippen molar-refractivity contribution in [2.45, 2.75) is 38.0 Å². The lowest BCUT2D eigenvalue weighted by Crippen LogP contribution is -2.29. The predicted molar refractivity (Wildman–Crippen MR) is 106 cm³/mol. The highest BCUT2D eigenvalue weighted by Crippen LogP contribution is 2.35. The lowest BCUT2D eigenvalue weighted by Gasteiger charge is -2.30. The molecule has 2 aliphatic heterocycles. The van der Waals surface area contributed by atoms with E-state index >= 15 is 0 Å². The molecule has 0 bridgehead atoms. The standard InChI is InChI=1S/C20H26F2N6/c1-14-11-24-18(12-23-14)25-17-9-16(15-3-6-27(2)7-4-15)10-19(26-17)28-8-5-20(21,22)13-28/h9-12,15H,3-8,13H2,1-2H3,(H,24,25,26). The Balaban J connectivity index is 1.63. The molecule has 0 amide bonds. The van der Waals surface area contributed by atoms with Crippen molar-refractivity contribution in [3.63, 3.8) is 0 Å². The molecular formula is C20H26F2N6. The van der Waals surface area contributed by atoms with Gasteiger partial charge in [0.05, 0.1) is 24.6 Å². The molecule has 0 unspecified atom stereocenters. The van der Waals surface area contributed by atoms with E-state index in [0.29, 0.717) is 29.9 Å². The minimum Gasteiger partial charge on any atom is -0.350 e. The normalized spacial score (nSPS) is 20.5. The number of pyridine rings is 1. The molecule has 2 fully saturated rings. The number of likely N-dealkylation sites (tertiary alicyclic amines) is 1. The van der Waals surface area contributed by atoms with Gasteiger partial charge in [-0.25, -0.2) is 18.7 Å². The second-order valence-corrected chi connectivity index (χ2v) is 7.92. The van der Waals surface area contributed by atoms with Crippen LogP contribution in [0.3, 0.4) is 0 Å². The SMILES string of the molecule is Cc1cnc(Nc2cc(C3CCN(C)CC3)cc(N3CCC(F)(F)C3)n2)cn1. The van der Waals surface area contributed by atoms with Crippen molar-refractivity contribution in [2.75, 3.05) is 43.4 Å². The molecule has 6 nitrogen and oxygen atoms in total. The average molecular weight is 388 g/mol. The van der Waals surface area contributed by atoms with Crippen LogP contribution in [0.2, 0.25) is 0 Å². The van der Waals surface area contributed by atoms with Crippen molar-refractivity contribution < 1.29 is 8.78 Å². The van der Waals surface area contributed by atoms with Gasteiger partial charge in [-0.2, -0.15) is 0 Å². The van der Waals surface area contributed by atoms with Crippen LogP contribution in [-0.4, -0.2) is 59.0 Å². The first-order valence-electron chi connectivity index (χ1n) is 9.77. The fraction of sp³-hybridized carbons (Fsp3) is 0.550. The maximum Gasteiger partial charge on any atom is 0.266 e. The molecule has 0 spiro atoms. The minimum atomic E-state index is -2.65. The molecule has 28 heavy (non-hydrogen) atoms. The molecule has 2 aromatic heterocycles. The highest BCUT2D eigenvalue weighted by atomic mass is 19.3. The smallest absolute Gasteiger partial charge is 0.266 e. The van der Waals surface area contributed by atoms with Gasteiger partial charge in [0.2, 0.25) is 0 Å². The fourth-order valence-electron chi connectivity index (χ4n) is 3.86. The molecule has 150 valence electrons. The molecule has 0 radical (unpaired) electrons. The molecule has 0 aliphatic carbocycles. The number of nitrogens with zero attached hydrogens (tertiary/aromatic N) is 5. The van der Waals surface area contributed by atoms with Gasteiger partial charge in [-0.05, 0) is 63.5 Å². The van der Waals surface area contributed by atoms with Gasteiger partial charge in [0.25, 0.3) is 5.92 Å². The summed E-state index contributed by atoms with van der Waals surface area (Å²) in [5.41, 5.74) is 1.98. The van der Waals surface area contributed by atoms with Crippen molar-refractivity contribution in [1.29, 1.82) is 0 Å². The first-order chi connectivity index (χ1) is 13.4. The first-order valence-corrected chi connectivity index (χ1v) is 9.77. The summed E-state index contributed by atoms with van der Waals surface area (Å²) >= 11 is 0. The van der Waals surface area contributed by atoms with Gasteiger partial charge in [-0.1, -0.05) is 0 Å². The molecule has 0 aromatic carbocycles. The summed E-state index contributed by atoms with van der Waals surface area (Å²) in [5.74, 6) is -0.417. The second kappa shape index (κ2) is 7.58. The lowest BCUT2D eigenvalue weighted by atomic mass is 9.90. The van der Waals surface area contributed by atoms with Crippen molar-refractivity contribution in [3.8, 4) is 0 Å². The summed E-state index contributed by atoms with van der Waals surface area (Å²) in [4.78, 5) is 17.2. The Bertz CT molecular complexity index is 818. The monoisotopic (exact) mass is 388 g/mol. The Morgan fingerprint density at radius 1 is 1.07 bits per heavy atom. The highest BCUT2D eigenvalue weighted by Gasteiger charge is 2.39. The van der Waals surface area contributed by atoms with Crippen LogP contribution in [0.5, 0.6) is 0 Å². The number of halogens is 2. The third-order valence-corrected chi connectivity index (χ3v) is 5.55. The summed E-state index contributed by atoms with van der Waals surface area (Å²) in [7, 11) is 2.13. The molecule has 1 N–H and O–H groups in total. The van der Waals surface area contributed by atoms with Crippen LogP contribution < -0.4 is 10.2 Å². The maximum atomic E-state index is 13.8. The number of aromatic nitrogens is 3. The minimum absolute atomic E-state index is 0.126. The van der Waals surface area contributed by atoms with Crippen molar-refractivity contribution in [1.82, 2.24) is 19.9 Å². The Hall–Kier alpha value is -2.35. The number of anilines is 3. The number of piperidine rings is 1. The van der Waals surface area contributed by atoms with Gasteiger partial charge in [0.15, 0.2) is 0 Å².